The third-order valence-electron chi connectivity index (χ3n) is 1.89. The van der Waals surface area contributed by atoms with E-state index in [0.29, 0.717) is 0 Å². The number of hydrogen-bond donors (Lipinski definition) is 1. The van der Waals surface area contributed by atoms with Gasteiger partial charge >= 0.3 is 0 Å². The maximum Gasteiger partial charge on any atom is 0.0711 e. The molecule has 0 aliphatic heterocycles. The summed E-state index contributed by atoms with van der Waals surface area (Å²) in [5.74, 6) is 0. The number of thiophene rings is 1. The highest BCUT2D eigenvalue weighted by Crippen LogP contribution is 2.37. The van der Waals surface area contributed by atoms with Crippen LogP contribution >= 0.6 is 39.0 Å². The summed E-state index contributed by atoms with van der Waals surface area (Å²) in [5.41, 5.74) is 6.90. The molecule has 1 aromatic carbocycles. The van der Waals surface area contributed by atoms with Crippen molar-refractivity contribution >= 4 is 54.8 Å². The molecule has 2 rings (SSSR count). The van der Waals surface area contributed by atoms with E-state index in [-0.39, 0.29) is 0 Å². The van der Waals surface area contributed by atoms with Gasteiger partial charge in [-0.05, 0) is 40.4 Å². The third-order valence-corrected chi connectivity index (χ3v) is 4.29. The molecule has 1 aromatic heterocycles. The topological polar surface area (TPSA) is 26.0 Å². The first-order chi connectivity index (χ1) is 6.22. The van der Waals surface area contributed by atoms with Crippen LogP contribution in [-0.4, -0.2) is 6.26 Å². The largest absolute Gasteiger partial charge is 0.397 e. The predicted octanol–water partition coefficient (Wildman–Crippen LogP) is 3.97. The fourth-order valence-corrected chi connectivity index (χ4v) is 3.35. The van der Waals surface area contributed by atoms with Crippen molar-refractivity contribution in [3.63, 3.8) is 0 Å². The van der Waals surface area contributed by atoms with E-state index in [0.717, 1.165) is 19.8 Å². The monoisotopic (exact) mass is 273 g/mol. The normalized spacial score (nSPS) is 10.9. The molecule has 0 saturated heterocycles. The molecule has 4 heteroatoms. The number of rotatable bonds is 1. The van der Waals surface area contributed by atoms with Gasteiger partial charge in [0.15, 0.2) is 0 Å². The van der Waals surface area contributed by atoms with Crippen LogP contribution in [0.1, 0.15) is 0 Å². The van der Waals surface area contributed by atoms with Crippen molar-refractivity contribution < 1.29 is 0 Å². The summed E-state index contributed by atoms with van der Waals surface area (Å²) in [4.78, 5) is 1.15. The molecule has 0 bridgehead atoms. The van der Waals surface area contributed by atoms with Gasteiger partial charge in [-0.3, -0.25) is 0 Å². The Kier molecular flexibility index (Phi) is 2.53. The highest BCUT2D eigenvalue weighted by molar-refractivity contribution is 9.11. The van der Waals surface area contributed by atoms with E-state index in [1.165, 1.54) is 4.70 Å². The van der Waals surface area contributed by atoms with E-state index >= 15 is 0 Å². The summed E-state index contributed by atoms with van der Waals surface area (Å²) < 4.78 is 2.37. The van der Waals surface area contributed by atoms with Crippen LogP contribution < -0.4 is 5.73 Å². The summed E-state index contributed by atoms with van der Waals surface area (Å²) in [5, 5.41) is 1.16. The van der Waals surface area contributed by atoms with Crippen molar-refractivity contribution in [1.29, 1.82) is 0 Å². The predicted molar refractivity (Wildman–Crippen MR) is 65.7 cm³/mol. The summed E-state index contributed by atoms with van der Waals surface area (Å²) in [6, 6.07) is 6.27. The molecule has 0 unspecified atom stereocenters. The quantitative estimate of drug-likeness (QED) is 0.629. The van der Waals surface area contributed by atoms with Crippen molar-refractivity contribution in [1.82, 2.24) is 0 Å². The zero-order chi connectivity index (χ0) is 9.42. The van der Waals surface area contributed by atoms with Gasteiger partial charge in [-0.25, -0.2) is 0 Å². The number of fused-ring (bicyclic) bond motifs is 1. The molecule has 0 spiro atoms. The van der Waals surface area contributed by atoms with E-state index in [1.54, 1.807) is 23.1 Å². The molecule has 1 heterocycles. The van der Waals surface area contributed by atoms with Crippen LogP contribution in [0.3, 0.4) is 0 Å². The van der Waals surface area contributed by atoms with Gasteiger partial charge in [0, 0.05) is 15.0 Å². The molecular formula is C9H8BrNS2. The second-order valence-electron chi connectivity index (χ2n) is 2.64. The molecule has 0 amide bonds. The molecular weight excluding hydrogens is 266 g/mol. The van der Waals surface area contributed by atoms with Gasteiger partial charge in [0.2, 0.25) is 0 Å². The van der Waals surface area contributed by atoms with Crippen LogP contribution in [0.25, 0.3) is 10.1 Å². The van der Waals surface area contributed by atoms with Crippen molar-refractivity contribution in [3.8, 4) is 0 Å². The van der Waals surface area contributed by atoms with E-state index < -0.39 is 0 Å². The molecule has 0 aliphatic rings. The second-order valence-corrected chi connectivity index (χ2v) is 5.95. The van der Waals surface area contributed by atoms with Crippen molar-refractivity contribution in [2.24, 2.45) is 0 Å². The number of anilines is 1. The van der Waals surface area contributed by atoms with Crippen molar-refractivity contribution in [2.75, 3.05) is 12.0 Å². The van der Waals surface area contributed by atoms with Crippen molar-refractivity contribution in [3.05, 3.63) is 22.0 Å². The van der Waals surface area contributed by atoms with Crippen LogP contribution in [0.4, 0.5) is 5.69 Å². The first-order valence-corrected chi connectivity index (χ1v) is 6.57. The van der Waals surface area contributed by atoms with Gasteiger partial charge < -0.3 is 5.73 Å². The van der Waals surface area contributed by atoms with E-state index in [2.05, 4.69) is 34.1 Å². The minimum atomic E-state index is 0.895. The Bertz CT molecular complexity index is 450. The lowest BCUT2D eigenvalue weighted by Crippen LogP contribution is -1.87. The molecule has 1 nitrogen and oxygen atoms in total. The fraction of sp³-hybridized carbons (Fsp3) is 0.111. The molecule has 0 saturated carbocycles. The Morgan fingerprint density at radius 3 is 2.92 bits per heavy atom. The van der Waals surface area contributed by atoms with Crippen molar-refractivity contribution in [2.45, 2.75) is 4.90 Å². The molecule has 68 valence electrons. The van der Waals surface area contributed by atoms with Gasteiger partial charge in [-0.1, -0.05) is 0 Å². The van der Waals surface area contributed by atoms with Crippen LogP contribution in [0.5, 0.6) is 0 Å². The number of nitrogen functional groups attached to an aromatic ring is 1. The Morgan fingerprint density at radius 1 is 1.46 bits per heavy atom. The molecule has 2 aromatic rings. The lowest BCUT2D eigenvalue weighted by atomic mass is 10.2. The Labute approximate surface area is 93.4 Å². The smallest absolute Gasteiger partial charge is 0.0711 e. The third kappa shape index (κ3) is 1.58. The molecule has 0 atom stereocenters. The maximum atomic E-state index is 6.01. The molecule has 2 N–H and O–H groups in total. The number of thioether (sulfide) groups is 1. The summed E-state index contributed by atoms with van der Waals surface area (Å²) in [7, 11) is 0. The van der Waals surface area contributed by atoms with Crippen LogP contribution in [0.15, 0.2) is 26.9 Å². The minimum Gasteiger partial charge on any atom is -0.397 e. The molecule has 0 radical (unpaired) electrons. The molecule has 0 fully saturated rings. The highest BCUT2D eigenvalue weighted by Gasteiger charge is 2.06. The number of hydrogen-bond acceptors (Lipinski definition) is 3. The number of halogens is 1. The standard InChI is InChI=1S/C9H8BrNS2/c1-12-7-3-2-6-5(9(7)11)4-8(10)13-6/h2-4H,11H2,1H3. The van der Waals surface area contributed by atoms with Gasteiger partial charge in [0.25, 0.3) is 0 Å². The Balaban J connectivity index is 2.78. The lowest BCUT2D eigenvalue weighted by Gasteiger charge is -2.02. The van der Waals surface area contributed by atoms with Crippen LogP contribution in [-0.2, 0) is 0 Å². The van der Waals surface area contributed by atoms with Crippen LogP contribution in [0, 0.1) is 0 Å². The zero-order valence-corrected chi connectivity index (χ0v) is 10.2. The average molecular weight is 274 g/mol. The summed E-state index contributed by atoms with van der Waals surface area (Å²) in [6.07, 6.45) is 2.04. The summed E-state index contributed by atoms with van der Waals surface area (Å²) >= 11 is 6.86. The van der Waals surface area contributed by atoms with E-state index in [1.807, 2.05) is 6.26 Å². The van der Waals surface area contributed by atoms with Gasteiger partial charge in [0.05, 0.1) is 9.47 Å². The van der Waals surface area contributed by atoms with Gasteiger partial charge in [-0.2, -0.15) is 0 Å². The number of benzene rings is 1. The highest BCUT2D eigenvalue weighted by atomic mass is 79.9. The maximum absolute atomic E-state index is 6.01. The second kappa shape index (κ2) is 3.52. The van der Waals surface area contributed by atoms with Gasteiger partial charge in [-0.15, -0.1) is 23.1 Å². The zero-order valence-electron chi connectivity index (χ0n) is 7.00. The molecule has 0 aliphatic carbocycles. The van der Waals surface area contributed by atoms with Crippen LogP contribution in [0.2, 0.25) is 0 Å². The first-order valence-electron chi connectivity index (χ1n) is 3.74. The summed E-state index contributed by atoms with van der Waals surface area (Å²) in [6.45, 7) is 0. The Morgan fingerprint density at radius 2 is 2.23 bits per heavy atom. The Hall–Kier alpha value is -0.190. The number of nitrogens with two attached hydrogens (primary N) is 1. The minimum absolute atomic E-state index is 0.895. The first kappa shape index (κ1) is 9.37. The van der Waals surface area contributed by atoms with E-state index in [4.69, 9.17) is 5.73 Å². The lowest BCUT2D eigenvalue weighted by molar-refractivity contribution is 1.52. The average Bonchev–Trinajstić information content (AvgIpc) is 2.47. The SMILES string of the molecule is CSc1ccc2sc(Br)cc2c1N. The fourth-order valence-electron chi connectivity index (χ4n) is 1.26. The van der Waals surface area contributed by atoms with E-state index in [9.17, 15) is 0 Å². The van der Waals surface area contributed by atoms with Gasteiger partial charge in [0.1, 0.15) is 0 Å². The molecule has 13 heavy (non-hydrogen) atoms.